The first-order chi connectivity index (χ1) is 15.7. The number of fused-ring (bicyclic) bond motifs is 4. The Balaban J connectivity index is 1.09. The van der Waals surface area contributed by atoms with E-state index in [2.05, 4.69) is 39.3 Å². The fourth-order valence-electron chi connectivity index (χ4n) is 5.36. The topological polar surface area (TPSA) is 66.9 Å². The van der Waals surface area contributed by atoms with Crippen LogP contribution in [0.5, 0.6) is 11.5 Å². The molecule has 3 fully saturated rings. The van der Waals surface area contributed by atoms with E-state index < -0.39 is 0 Å². The minimum atomic E-state index is -0.0447. The molecule has 1 amide bonds. The summed E-state index contributed by atoms with van der Waals surface area (Å²) in [4.78, 5) is 22.1. The normalized spacial score (nSPS) is 25.8. The van der Waals surface area contributed by atoms with E-state index >= 15 is 0 Å². The molecular weight excluding hydrogens is 404 g/mol. The van der Waals surface area contributed by atoms with Crippen molar-refractivity contribution in [3.05, 3.63) is 53.9 Å². The Hall–Kier alpha value is -2.64. The molecule has 4 aliphatic rings. The number of ether oxygens (including phenoxy) is 2. The van der Waals surface area contributed by atoms with Gasteiger partial charge in [0.15, 0.2) is 11.5 Å². The van der Waals surface area contributed by atoms with Crippen LogP contribution in [0.3, 0.4) is 0 Å². The number of likely N-dealkylation sites (N-methyl/N-ethyl adjacent to an activating group) is 1. The number of benzene rings is 1. The fourth-order valence-corrected chi connectivity index (χ4v) is 5.36. The Labute approximate surface area is 189 Å². The second kappa shape index (κ2) is 9.46. The van der Waals surface area contributed by atoms with Crippen molar-refractivity contribution in [3.8, 4) is 11.5 Å². The van der Waals surface area contributed by atoms with Crippen LogP contribution in [0.1, 0.15) is 28.9 Å². The van der Waals surface area contributed by atoms with Crippen LogP contribution in [0.25, 0.3) is 0 Å². The number of rotatable bonds is 8. The smallest absolute Gasteiger partial charge is 0.251 e. The number of carbonyl (C=O) groups excluding carboxylic acids is 1. The molecule has 5 heterocycles. The summed E-state index contributed by atoms with van der Waals surface area (Å²) in [6, 6.07) is 11.9. The maximum atomic E-state index is 12.7. The first-order valence-corrected chi connectivity index (χ1v) is 11.7. The quantitative estimate of drug-likeness (QED) is 0.686. The van der Waals surface area contributed by atoms with E-state index in [-0.39, 0.29) is 12.7 Å². The van der Waals surface area contributed by atoms with E-state index in [0.717, 1.165) is 44.2 Å². The maximum absolute atomic E-state index is 12.7. The number of carbonyl (C=O) groups is 1. The third kappa shape index (κ3) is 4.74. The van der Waals surface area contributed by atoms with Crippen molar-refractivity contribution in [1.82, 2.24) is 20.1 Å². The number of nitrogens with one attached hydrogen (secondary N) is 1. The van der Waals surface area contributed by atoms with Gasteiger partial charge in [-0.25, -0.2) is 0 Å². The van der Waals surface area contributed by atoms with Gasteiger partial charge in [-0.2, -0.15) is 0 Å². The number of pyridine rings is 1. The molecule has 4 atom stereocenters. The van der Waals surface area contributed by atoms with Crippen molar-refractivity contribution in [1.29, 1.82) is 0 Å². The summed E-state index contributed by atoms with van der Waals surface area (Å²) in [5.41, 5.74) is 1.78. The Bertz CT molecular complexity index is 938. The van der Waals surface area contributed by atoms with Crippen LogP contribution in [0.2, 0.25) is 0 Å². The van der Waals surface area contributed by atoms with Crippen molar-refractivity contribution >= 4 is 5.91 Å². The molecule has 0 aliphatic carbocycles. The third-order valence-electron chi connectivity index (χ3n) is 7.17. The van der Waals surface area contributed by atoms with Crippen LogP contribution in [0.15, 0.2) is 42.6 Å². The number of piperidine rings is 3. The number of aromatic nitrogens is 1. The zero-order valence-electron chi connectivity index (χ0n) is 18.7. The Kier molecular flexibility index (Phi) is 6.28. The van der Waals surface area contributed by atoms with E-state index in [9.17, 15) is 4.79 Å². The van der Waals surface area contributed by atoms with Crippen LogP contribution >= 0.6 is 0 Å². The molecule has 7 nitrogen and oxygen atoms in total. The van der Waals surface area contributed by atoms with Crippen molar-refractivity contribution in [2.45, 2.75) is 25.3 Å². The fraction of sp³-hybridized carbons (Fsp3) is 0.520. The molecule has 1 aromatic heterocycles. The van der Waals surface area contributed by atoms with Crippen molar-refractivity contribution < 1.29 is 14.3 Å². The second-order valence-electron chi connectivity index (χ2n) is 9.30. The Morgan fingerprint density at radius 2 is 2.16 bits per heavy atom. The van der Waals surface area contributed by atoms with E-state index in [1.807, 2.05) is 12.3 Å². The molecule has 1 N–H and O–H groups in total. The van der Waals surface area contributed by atoms with Gasteiger partial charge in [0.1, 0.15) is 0 Å². The predicted octanol–water partition coefficient (Wildman–Crippen LogP) is 2.42. The summed E-state index contributed by atoms with van der Waals surface area (Å²) in [6.07, 6.45) is 5.30. The van der Waals surface area contributed by atoms with Crippen molar-refractivity contribution in [3.63, 3.8) is 0 Å². The second-order valence-corrected chi connectivity index (χ2v) is 9.30. The van der Waals surface area contributed by atoms with Gasteiger partial charge in [-0.05, 0) is 68.6 Å². The summed E-state index contributed by atoms with van der Waals surface area (Å²) < 4.78 is 10.7. The number of nitrogens with zero attached hydrogens (tertiary/aromatic N) is 3. The predicted molar refractivity (Wildman–Crippen MR) is 122 cm³/mol. The number of hydrogen-bond acceptors (Lipinski definition) is 6. The molecule has 6 rings (SSSR count). The van der Waals surface area contributed by atoms with E-state index in [1.54, 1.807) is 18.2 Å². The first kappa shape index (κ1) is 21.2. The molecule has 32 heavy (non-hydrogen) atoms. The Morgan fingerprint density at radius 3 is 2.97 bits per heavy atom. The molecule has 0 radical (unpaired) electrons. The molecule has 7 heteroatoms. The highest BCUT2D eigenvalue weighted by molar-refractivity contribution is 5.94. The lowest BCUT2D eigenvalue weighted by molar-refractivity contribution is -0.00870. The number of hydrogen-bond donors (Lipinski definition) is 1. The van der Waals surface area contributed by atoms with Gasteiger partial charge in [0.05, 0.1) is 0 Å². The molecule has 4 aliphatic heterocycles. The minimum Gasteiger partial charge on any atom is -0.454 e. The molecule has 2 bridgehead atoms. The monoisotopic (exact) mass is 436 g/mol. The van der Waals surface area contributed by atoms with E-state index in [0.29, 0.717) is 35.6 Å². The molecule has 170 valence electrons. The Morgan fingerprint density at radius 1 is 1.25 bits per heavy atom. The average molecular weight is 437 g/mol. The van der Waals surface area contributed by atoms with Gasteiger partial charge in [-0.15, -0.1) is 0 Å². The van der Waals surface area contributed by atoms with Gasteiger partial charge < -0.3 is 19.7 Å². The van der Waals surface area contributed by atoms with Crippen LogP contribution < -0.4 is 14.8 Å². The van der Waals surface area contributed by atoms with Gasteiger partial charge in [0.2, 0.25) is 6.79 Å². The van der Waals surface area contributed by atoms with Gasteiger partial charge in [0, 0.05) is 56.1 Å². The van der Waals surface area contributed by atoms with Crippen LogP contribution in [0, 0.1) is 11.8 Å². The maximum Gasteiger partial charge on any atom is 0.251 e. The molecule has 1 unspecified atom stereocenters. The molecule has 0 spiro atoms. The summed E-state index contributed by atoms with van der Waals surface area (Å²) in [6.45, 7) is 5.36. The molecule has 2 aromatic rings. The highest BCUT2D eigenvalue weighted by Gasteiger charge is 2.40. The standard InChI is InChI=1S/C25H32N4O3/c1-28(10-8-21-4-2-3-9-26-21)15-20-16-29-11-7-18(20)12-22(29)14-27-25(30)19-5-6-23-24(13-19)32-17-31-23/h2-6,9,13,18,20,22H,7-8,10-12,14-17H2,1H3,(H,27,30)/t18-,20+,22+/m0/s1. The van der Waals surface area contributed by atoms with E-state index in [4.69, 9.17) is 9.47 Å². The van der Waals surface area contributed by atoms with Crippen LogP contribution in [0.4, 0.5) is 0 Å². The van der Waals surface area contributed by atoms with Gasteiger partial charge in [-0.1, -0.05) is 6.07 Å². The zero-order chi connectivity index (χ0) is 21.9. The lowest BCUT2D eigenvalue weighted by Gasteiger charge is -2.50. The number of amides is 1. The van der Waals surface area contributed by atoms with Crippen LogP contribution in [-0.4, -0.2) is 73.3 Å². The van der Waals surface area contributed by atoms with Gasteiger partial charge >= 0.3 is 0 Å². The summed E-state index contributed by atoms with van der Waals surface area (Å²) in [5.74, 6) is 2.75. The van der Waals surface area contributed by atoms with Gasteiger partial charge in [0.25, 0.3) is 5.91 Å². The lowest BCUT2D eigenvalue weighted by Crippen LogP contribution is -2.58. The minimum absolute atomic E-state index is 0.0447. The summed E-state index contributed by atoms with van der Waals surface area (Å²) in [5, 5.41) is 3.14. The van der Waals surface area contributed by atoms with Crippen molar-refractivity contribution in [2.75, 3.05) is 46.6 Å². The molecule has 0 saturated carbocycles. The van der Waals surface area contributed by atoms with E-state index in [1.165, 1.54) is 12.8 Å². The largest absolute Gasteiger partial charge is 0.454 e. The SMILES string of the molecule is CN(CCc1ccccn1)C[C@@H]1CN2CC[C@H]1C[C@@H]2CNC(=O)c1ccc2c(c1)OCO2. The van der Waals surface area contributed by atoms with Crippen molar-refractivity contribution in [2.24, 2.45) is 11.8 Å². The molecule has 3 saturated heterocycles. The molecule has 1 aromatic carbocycles. The highest BCUT2D eigenvalue weighted by atomic mass is 16.7. The summed E-state index contributed by atoms with van der Waals surface area (Å²) in [7, 11) is 2.23. The first-order valence-electron chi connectivity index (χ1n) is 11.7. The summed E-state index contributed by atoms with van der Waals surface area (Å²) >= 11 is 0. The third-order valence-corrected chi connectivity index (χ3v) is 7.17. The highest BCUT2D eigenvalue weighted by Crippen LogP contribution is 2.36. The molecular formula is C25H32N4O3. The zero-order valence-corrected chi connectivity index (χ0v) is 18.7. The lowest BCUT2D eigenvalue weighted by atomic mass is 9.75. The average Bonchev–Trinajstić information content (AvgIpc) is 3.30. The van der Waals surface area contributed by atoms with Gasteiger partial charge in [-0.3, -0.25) is 14.7 Å². The van der Waals surface area contributed by atoms with Crippen LogP contribution in [-0.2, 0) is 6.42 Å².